The van der Waals surface area contributed by atoms with Crippen LogP contribution < -0.4 is 5.73 Å². The lowest BCUT2D eigenvalue weighted by Gasteiger charge is -2.22. The fourth-order valence-electron chi connectivity index (χ4n) is 2.31. The van der Waals surface area contributed by atoms with Gasteiger partial charge in [0.2, 0.25) is 0 Å². The predicted octanol–water partition coefficient (Wildman–Crippen LogP) is 2.48. The molecule has 0 radical (unpaired) electrons. The van der Waals surface area contributed by atoms with Gasteiger partial charge in [-0.3, -0.25) is 4.68 Å². The van der Waals surface area contributed by atoms with Gasteiger partial charge < -0.3 is 10.5 Å². The maximum atomic E-state index is 5.69. The highest BCUT2D eigenvalue weighted by atomic mass is 16.5. The molecule has 1 aromatic carbocycles. The van der Waals surface area contributed by atoms with Crippen LogP contribution in [0.15, 0.2) is 36.7 Å². The lowest BCUT2D eigenvalue weighted by Crippen LogP contribution is -2.19. The first kappa shape index (κ1) is 11.3. The summed E-state index contributed by atoms with van der Waals surface area (Å²) in [7, 11) is 0. The van der Waals surface area contributed by atoms with E-state index in [1.165, 1.54) is 0 Å². The highest BCUT2D eigenvalue weighted by Gasteiger charge is 2.16. The lowest BCUT2D eigenvalue weighted by molar-refractivity contribution is 0.0662. The van der Waals surface area contributed by atoms with Crippen molar-refractivity contribution in [3.8, 4) is 11.1 Å². The predicted molar refractivity (Wildman–Crippen MR) is 71.2 cm³/mol. The van der Waals surface area contributed by atoms with Gasteiger partial charge in [0.1, 0.15) is 0 Å². The molecule has 1 fully saturated rings. The van der Waals surface area contributed by atoms with Crippen molar-refractivity contribution in [1.82, 2.24) is 9.78 Å². The minimum absolute atomic E-state index is 0.473. The fourth-order valence-corrected chi connectivity index (χ4v) is 2.31. The molecule has 0 bridgehead atoms. The van der Waals surface area contributed by atoms with Gasteiger partial charge in [-0.15, -0.1) is 0 Å². The quantitative estimate of drug-likeness (QED) is 0.824. The average molecular weight is 243 g/mol. The molecule has 3 rings (SSSR count). The number of rotatable bonds is 2. The zero-order chi connectivity index (χ0) is 12.4. The monoisotopic (exact) mass is 243 g/mol. The van der Waals surface area contributed by atoms with Gasteiger partial charge in [-0.2, -0.15) is 5.10 Å². The summed E-state index contributed by atoms with van der Waals surface area (Å²) in [5.41, 5.74) is 8.78. The van der Waals surface area contributed by atoms with Crippen molar-refractivity contribution in [2.24, 2.45) is 0 Å². The van der Waals surface area contributed by atoms with E-state index in [-0.39, 0.29) is 0 Å². The normalized spacial score (nSPS) is 16.9. The van der Waals surface area contributed by atoms with Crippen LogP contribution in [0, 0.1) is 0 Å². The molecule has 94 valence electrons. The Kier molecular flexibility index (Phi) is 3.02. The van der Waals surface area contributed by atoms with E-state index in [1.54, 1.807) is 0 Å². The number of nitrogens with two attached hydrogens (primary N) is 1. The molecule has 2 N–H and O–H groups in total. The molecule has 1 aliphatic heterocycles. The summed E-state index contributed by atoms with van der Waals surface area (Å²) >= 11 is 0. The number of nitrogens with zero attached hydrogens (tertiary/aromatic N) is 2. The standard InChI is InChI=1S/C14H17N3O/c15-13-3-1-11(2-4-13)12-9-16-17(10-12)14-5-7-18-8-6-14/h1-4,9-10,14H,5-8,15H2. The summed E-state index contributed by atoms with van der Waals surface area (Å²) in [6.07, 6.45) is 6.12. The second-order valence-corrected chi connectivity index (χ2v) is 4.67. The summed E-state index contributed by atoms with van der Waals surface area (Å²) in [5.74, 6) is 0. The zero-order valence-electron chi connectivity index (χ0n) is 10.2. The van der Waals surface area contributed by atoms with Crippen molar-refractivity contribution in [3.63, 3.8) is 0 Å². The number of anilines is 1. The molecule has 0 aliphatic carbocycles. The molecule has 0 saturated carbocycles. The van der Waals surface area contributed by atoms with Crippen molar-refractivity contribution in [2.45, 2.75) is 18.9 Å². The van der Waals surface area contributed by atoms with Crippen LogP contribution in [-0.4, -0.2) is 23.0 Å². The molecule has 1 saturated heterocycles. The second kappa shape index (κ2) is 4.82. The van der Waals surface area contributed by atoms with Gasteiger partial charge in [0.25, 0.3) is 0 Å². The third kappa shape index (κ3) is 2.24. The maximum absolute atomic E-state index is 5.69. The summed E-state index contributed by atoms with van der Waals surface area (Å²) in [6.45, 7) is 1.67. The van der Waals surface area contributed by atoms with Crippen molar-refractivity contribution in [1.29, 1.82) is 0 Å². The molecule has 2 heterocycles. The number of benzene rings is 1. The third-order valence-corrected chi connectivity index (χ3v) is 3.41. The molecule has 4 heteroatoms. The first-order valence-electron chi connectivity index (χ1n) is 6.31. The lowest BCUT2D eigenvalue weighted by atomic mass is 10.1. The van der Waals surface area contributed by atoms with Crippen LogP contribution in [0.3, 0.4) is 0 Å². The van der Waals surface area contributed by atoms with Crippen molar-refractivity contribution >= 4 is 5.69 Å². The molecule has 0 amide bonds. The molecular weight excluding hydrogens is 226 g/mol. The van der Waals surface area contributed by atoms with E-state index in [9.17, 15) is 0 Å². The molecular formula is C14H17N3O. The summed E-state index contributed by atoms with van der Waals surface area (Å²) < 4.78 is 7.43. The van der Waals surface area contributed by atoms with Crippen molar-refractivity contribution < 1.29 is 4.74 Å². The van der Waals surface area contributed by atoms with E-state index >= 15 is 0 Å². The van der Waals surface area contributed by atoms with E-state index in [2.05, 4.69) is 16.0 Å². The summed E-state index contributed by atoms with van der Waals surface area (Å²) in [6, 6.07) is 8.37. The summed E-state index contributed by atoms with van der Waals surface area (Å²) in [4.78, 5) is 0. The number of hydrogen-bond acceptors (Lipinski definition) is 3. The molecule has 2 aromatic rings. The van der Waals surface area contributed by atoms with Crippen LogP contribution >= 0.6 is 0 Å². The largest absolute Gasteiger partial charge is 0.399 e. The van der Waals surface area contributed by atoms with Crippen LogP contribution in [0.25, 0.3) is 11.1 Å². The number of hydrogen-bond donors (Lipinski definition) is 1. The first-order valence-corrected chi connectivity index (χ1v) is 6.31. The molecule has 0 atom stereocenters. The van der Waals surface area contributed by atoms with Gasteiger partial charge in [-0.1, -0.05) is 12.1 Å². The Balaban J connectivity index is 1.82. The van der Waals surface area contributed by atoms with Crippen LogP contribution in [0.2, 0.25) is 0 Å². The number of aromatic nitrogens is 2. The number of ether oxygens (including phenoxy) is 1. The van der Waals surface area contributed by atoms with Crippen molar-refractivity contribution in [3.05, 3.63) is 36.7 Å². The van der Waals surface area contributed by atoms with Crippen LogP contribution in [0.5, 0.6) is 0 Å². The molecule has 0 unspecified atom stereocenters. The number of nitrogen functional groups attached to an aromatic ring is 1. The zero-order valence-corrected chi connectivity index (χ0v) is 10.2. The van der Waals surface area contributed by atoms with Gasteiger partial charge in [-0.05, 0) is 30.5 Å². The van der Waals surface area contributed by atoms with E-state index < -0.39 is 0 Å². The van der Waals surface area contributed by atoms with Gasteiger partial charge in [-0.25, -0.2) is 0 Å². The van der Waals surface area contributed by atoms with Crippen LogP contribution in [-0.2, 0) is 4.74 Å². The molecule has 1 aromatic heterocycles. The average Bonchev–Trinajstić information content (AvgIpc) is 2.90. The van der Waals surface area contributed by atoms with E-state index in [0.717, 1.165) is 42.9 Å². The Bertz CT molecular complexity index is 512. The second-order valence-electron chi connectivity index (χ2n) is 4.67. The van der Waals surface area contributed by atoms with Gasteiger partial charge >= 0.3 is 0 Å². The summed E-state index contributed by atoms with van der Waals surface area (Å²) in [5, 5.41) is 4.47. The Morgan fingerprint density at radius 1 is 1.11 bits per heavy atom. The van der Waals surface area contributed by atoms with Gasteiger partial charge in [0, 0.05) is 30.7 Å². The first-order chi connectivity index (χ1) is 8.83. The smallest absolute Gasteiger partial charge is 0.0568 e. The Labute approximate surface area is 106 Å². The minimum atomic E-state index is 0.473. The highest BCUT2D eigenvalue weighted by Crippen LogP contribution is 2.24. The Morgan fingerprint density at radius 2 is 1.83 bits per heavy atom. The maximum Gasteiger partial charge on any atom is 0.0568 e. The topological polar surface area (TPSA) is 53.1 Å². The molecule has 4 nitrogen and oxygen atoms in total. The molecule has 0 spiro atoms. The van der Waals surface area contributed by atoms with E-state index in [0.29, 0.717) is 6.04 Å². The SMILES string of the molecule is Nc1ccc(-c2cnn(C3CCOCC3)c2)cc1. The Hall–Kier alpha value is -1.81. The Morgan fingerprint density at radius 3 is 2.56 bits per heavy atom. The molecule has 1 aliphatic rings. The minimum Gasteiger partial charge on any atom is -0.399 e. The van der Waals surface area contributed by atoms with Gasteiger partial charge in [0.15, 0.2) is 0 Å². The van der Waals surface area contributed by atoms with E-state index in [1.807, 2.05) is 30.5 Å². The van der Waals surface area contributed by atoms with Gasteiger partial charge in [0.05, 0.1) is 12.2 Å². The fraction of sp³-hybridized carbons (Fsp3) is 0.357. The highest BCUT2D eigenvalue weighted by molar-refractivity contribution is 5.63. The van der Waals surface area contributed by atoms with Crippen LogP contribution in [0.4, 0.5) is 5.69 Å². The third-order valence-electron chi connectivity index (χ3n) is 3.41. The van der Waals surface area contributed by atoms with E-state index in [4.69, 9.17) is 10.5 Å². The van der Waals surface area contributed by atoms with Crippen molar-refractivity contribution in [2.75, 3.05) is 18.9 Å². The van der Waals surface area contributed by atoms with Crippen LogP contribution in [0.1, 0.15) is 18.9 Å². The molecule has 18 heavy (non-hydrogen) atoms.